The van der Waals surface area contributed by atoms with Crippen LogP contribution in [0.2, 0.25) is 0 Å². The van der Waals surface area contributed by atoms with Gasteiger partial charge in [-0.25, -0.2) is 8.78 Å². The third-order valence-electron chi connectivity index (χ3n) is 6.43. The molecule has 2 aromatic rings. The first-order valence-corrected chi connectivity index (χ1v) is 12.6. The van der Waals surface area contributed by atoms with Gasteiger partial charge in [0.1, 0.15) is 23.2 Å². The van der Waals surface area contributed by atoms with Gasteiger partial charge in [-0.15, -0.1) is 0 Å². The molecule has 3 unspecified atom stereocenters. The van der Waals surface area contributed by atoms with Crippen molar-refractivity contribution in [2.24, 2.45) is 0 Å². The summed E-state index contributed by atoms with van der Waals surface area (Å²) in [5, 5.41) is 14.3. The average molecular weight is 528 g/mol. The molecule has 0 aliphatic heterocycles. The van der Waals surface area contributed by atoms with E-state index in [4.69, 9.17) is 0 Å². The summed E-state index contributed by atoms with van der Waals surface area (Å²) < 4.78 is 81.1. The highest BCUT2D eigenvalue weighted by molar-refractivity contribution is 7.86. The van der Waals surface area contributed by atoms with Gasteiger partial charge in [0, 0.05) is 16.6 Å². The first kappa shape index (κ1) is 27.7. The number of nitriles is 1. The zero-order valence-electron chi connectivity index (χ0n) is 19.7. The van der Waals surface area contributed by atoms with Crippen LogP contribution in [-0.4, -0.2) is 33.6 Å². The molecule has 3 rings (SSSR count). The molecule has 2 aromatic carbocycles. The number of nitrogens with one attached hydrogen (secondary N) is 2. The minimum Gasteiger partial charge on any atom is -0.336 e. The van der Waals surface area contributed by atoms with Crippen molar-refractivity contribution in [1.29, 1.82) is 5.26 Å². The number of alkyl halides is 3. The van der Waals surface area contributed by atoms with Crippen LogP contribution in [0, 0.1) is 23.0 Å². The van der Waals surface area contributed by atoms with Crippen molar-refractivity contribution < 1.29 is 31.0 Å². The van der Waals surface area contributed by atoms with E-state index in [0.717, 1.165) is 24.3 Å². The highest BCUT2D eigenvalue weighted by Crippen LogP contribution is 2.35. The largest absolute Gasteiger partial charge is 0.407 e. The summed E-state index contributed by atoms with van der Waals surface area (Å²) in [4.78, 5) is 13.2. The Kier molecular flexibility index (Phi) is 8.20. The molecule has 2 N–H and O–H groups in total. The predicted octanol–water partition coefficient (Wildman–Crippen LogP) is 4.77. The third kappa shape index (κ3) is 6.28. The topological polar surface area (TPSA) is 82.0 Å². The summed E-state index contributed by atoms with van der Waals surface area (Å²) in [6, 6.07) is 6.90. The molecule has 11 heteroatoms. The Hall–Kier alpha value is -2.84. The summed E-state index contributed by atoms with van der Waals surface area (Å²) in [5.74, 6) is -2.65. The second-order valence-corrected chi connectivity index (χ2v) is 11.4. The second-order valence-electron chi connectivity index (χ2n) is 9.31. The molecule has 1 amide bonds. The van der Waals surface area contributed by atoms with Gasteiger partial charge >= 0.3 is 6.18 Å². The molecule has 1 saturated carbocycles. The molecule has 0 heterocycles. The molecular formula is C25H26F5N3O2S. The first-order valence-electron chi connectivity index (χ1n) is 11.2. The molecule has 0 bridgehead atoms. The number of carbonyl (C=O) groups excluding carboxylic acids is 1. The number of amides is 1. The highest BCUT2D eigenvalue weighted by atomic mass is 32.2. The number of hydrogen-bond donors (Lipinski definition) is 2. The maximum absolute atomic E-state index is 14.0. The zero-order valence-corrected chi connectivity index (χ0v) is 20.5. The van der Waals surface area contributed by atoms with Crippen LogP contribution < -0.4 is 10.6 Å². The van der Waals surface area contributed by atoms with Crippen molar-refractivity contribution in [1.82, 2.24) is 10.6 Å². The molecule has 1 fully saturated rings. The summed E-state index contributed by atoms with van der Waals surface area (Å²) >= 11 is 0. The molecule has 0 saturated heterocycles. The van der Waals surface area contributed by atoms with Crippen molar-refractivity contribution in [3.63, 3.8) is 0 Å². The van der Waals surface area contributed by atoms with E-state index in [9.17, 15) is 36.2 Å². The maximum atomic E-state index is 14.0. The summed E-state index contributed by atoms with van der Waals surface area (Å²) in [5.41, 5.74) is -1.04. The Morgan fingerprint density at radius 3 is 2.03 bits per heavy atom. The van der Waals surface area contributed by atoms with Gasteiger partial charge in [0.15, 0.2) is 0 Å². The van der Waals surface area contributed by atoms with Gasteiger partial charge in [-0.05, 0) is 68.5 Å². The van der Waals surface area contributed by atoms with E-state index in [-0.39, 0.29) is 5.56 Å². The molecule has 194 valence electrons. The van der Waals surface area contributed by atoms with Gasteiger partial charge in [0.05, 0.1) is 16.9 Å². The van der Waals surface area contributed by atoms with E-state index >= 15 is 0 Å². The van der Waals surface area contributed by atoms with Crippen LogP contribution in [0.1, 0.15) is 50.3 Å². The number of nitrogens with zero attached hydrogens (tertiary/aromatic N) is 1. The highest BCUT2D eigenvalue weighted by Gasteiger charge is 2.46. The minimum atomic E-state index is -4.87. The molecule has 0 spiro atoms. The van der Waals surface area contributed by atoms with Crippen LogP contribution in [0.15, 0.2) is 48.5 Å². The minimum absolute atomic E-state index is 0.330. The van der Waals surface area contributed by atoms with Crippen LogP contribution in [0.4, 0.5) is 22.0 Å². The smallest absolute Gasteiger partial charge is 0.336 e. The summed E-state index contributed by atoms with van der Waals surface area (Å²) in [6.07, 6.45) is -3.48. The Bertz CT molecular complexity index is 1140. The standard InChI is InChI=1S/C25H26F5N3O2S/c1-23(2,17-6-10-19(27)11-7-17)36(35)14-20(22(34)33-24(15-31)12-3-13-24)32-21(25(28,29)30)16-4-8-18(26)9-5-16/h4-11,20-21,32H,3,12-14H2,1-2H3,(H,33,34). The number of rotatable bonds is 9. The van der Waals surface area contributed by atoms with Crippen LogP contribution >= 0.6 is 0 Å². The predicted molar refractivity (Wildman–Crippen MR) is 125 cm³/mol. The zero-order chi connectivity index (χ0) is 26.7. The Morgan fingerprint density at radius 2 is 1.58 bits per heavy atom. The Balaban J connectivity index is 1.92. The molecule has 3 atom stereocenters. The number of carbonyl (C=O) groups is 1. The SMILES string of the molecule is CC(C)(c1ccc(F)cc1)S(=O)CC(NC(c1ccc(F)cc1)C(F)(F)F)C(=O)NC1(C#N)CCC1. The van der Waals surface area contributed by atoms with Crippen molar-refractivity contribution in [2.45, 2.75) is 61.7 Å². The van der Waals surface area contributed by atoms with Crippen LogP contribution in [0.5, 0.6) is 0 Å². The van der Waals surface area contributed by atoms with Crippen molar-refractivity contribution in [3.8, 4) is 6.07 Å². The van der Waals surface area contributed by atoms with Gasteiger partial charge in [0.2, 0.25) is 5.91 Å². The lowest BCUT2D eigenvalue weighted by molar-refractivity contribution is -0.160. The molecule has 0 radical (unpaired) electrons. The van der Waals surface area contributed by atoms with Crippen molar-refractivity contribution >= 4 is 16.7 Å². The van der Waals surface area contributed by atoms with Crippen molar-refractivity contribution in [2.75, 3.05) is 5.75 Å². The lowest BCUT2D eigenvalue weighted by Gasteiger charge is -2.38. The molecule has 0 aromatic heterocycles. The van der Waals surface area contributed by atoms with E-state index in [2.05, 4.69) is 10.6 Å². The normalized spacial score (nSPS) is 17.8. The van der Waals surface area contributed by atoms with E-state index in [1.807, 2.05) is 6.07 Å². The van der Waals surface area contributed by atoms with E-state index < -0.39 is 62.6 Å². The fourth-order valence-electron chi connectivity index (χ4n) is 3.90. The van der Waals surface area contributed by atoms with E-state index in [1.165, 1.54) is 24.3 Å². The monoisotopic (exact) mass is 527 g/mol. The average Bonchev–Trinajstić information content (AvgIpc) is 2.79. The molecule has 36 heavy (non-hydrogen) atoms. The fraction of sp³-hybridized carbons (Fsp3) is 0.440. The van der Waals surface area contributed by atoms with Crippen LogP contribution in [0.25, 0.3) is 0 Å². The lowest BCUT2D eigenvalue weighted by Crippen LogP contribution is -2.60. The van der Waals surface area contributed by atoms with Crippen LogP contribution in [-0.2, 0) is 20.3 Å². The fourth-order valence-corrected chi connectivity index (χ4v) is 5.26. The third-order valence-corrected chi connectivity index (χ3v) is 8.44. The molecular weight excluding hydrogens is 501 g/mol. The molecule has 1 aliphatic carbocycles. The Morgan fingerprint density at radius 1 is 1.06 bits per heavy atom. The second kappa shape index (κ2) is 10.6. The lowest BCUT2D eigenvalue weighted by atomic mass is 9.78. The summed E-state index contributed by atoms with van der Waals surface area (Å²) in [6.45, 7) is 3.16. The van der Waals surface area contributed by atoms with Gasteiger partial charge < -0.3 is 5.32 Å². The number of benzene rings is 2. The van der Waals surface area contributed by atoms with E-state index in [0.29, 0.717) is 24.8 Å². The molecule has 1 aliphatic rings. The molecule has 5 nitrogen and oxygen atoms in total. The quantitative estimate of drug-likeness (QED) is 0.461. The van der Waals surface area contributed by atoms with Gasteiger partial charge in [0.25, 0.3) is 0 Å². The van der Waals surface area contributed by atoms with Gasteiger partial charge in [-0.2, -0.15) is 18.4 Å². The Labute approximate surface area is 208 Å². The first-order chi connectivity index (χ1) is 16.8. The number of halogens is 5. The van der Waals surface area contributed by atoms with Crippen molar-refractivity contribution in [3.05, 3.63) is 71.3 Å². The van der Waals surface area contributed by atoms with Crippen LogP contribution in [0.3, 0.4) is 0 Å². The maximum Gasteiger partial charge on any atom is 0.407 e. The van der Waals surface area contributed by atoms with E-state index in [1.54, 1.807) is 13.8 Å². The van der Waals surface area contributed by atoms with Gasteiger partial charge in [-0.3, -0.25) is 14.3 Å². The summed E-state index contributed by atoms with van der Waals surface area (Å²) in [7, 11) is -1.91. The number of hydrogen-bond acceptors (Lipinski definition) is 4. The van der Waals surface area contributed by atoms with Gasteiger partial charge in [-0.1, -0.05) is 24.3 Å².